The van der Waals surface area contributed by atoms with Gasteiger partial charge in [-0.25, -0.2) is 8.78 Å². The van der Waals surface area contributed by atoms with E-state index in [-0.39, 0.29) is 33.0 Å². The van der Waals surface area contributed by atoms with Gasteiger partial charge in [0.1, 0.15) is 11.6 Å². The number of rotatable bonds is 4. The van der Waals surface area contributed by atoms with Gasteiger partial charge in [0.2, 0.25) is 11.8 Å². The first-order chi connectivity index (χ1) is 14.9. The van der Waals surface area contributed by atoms with Gasteiger partial charge in [0.05, 0.1) is 10.0 Å². The first-order valence-electron chi connectivity index (χ1n) is 9.69. The van der Waals surface area contributed by atoms with Gasteiger partial charge in [-0.2, -0.15) is 0 Å². The number of halogens is 4. The summed E-state index contributed by atoms with van der Waals surface area (Å²) in [6, 6.07) is 8.62. The Hall–Kier alpha value is -2.70. The number of amides is 2. The molecule has 3 rings (SSSR count). The maximum atomic E-state index is 13.9. The van der Waals surface area contributed by atoms with Crippen LogP contribution in [0.3, 0.4) is 0 Å². The fourth-order valence-corrected chi connectivity index (χ4v) is 3.67. The van der Waals surface area contributed by atoms with E-state index in [1.165, 1.54) is 48.6 Å². The predicted molar refractivity (Wildman–Crippen MR) is 119 cm³/mol. The molecular formula is C23H20Cl2F2N2O2. The lowest BCUT2D eigenvalue weighted by atomic mass is 10.2. The summed E-state index contributed by atoms with van der Waals surface area (Å²) < 4.78 is 27.7. The Morgan fingerprint density at radius 2 is 1.16 bits per heavy atom. The summed E-state index contributed by atoms with van der Waals surface area (Å²) in [6.45, 7) is 1.57. The van der Waals surface area contributed by atoms with Crippen LogP contribution < -0.4 is 0 Å². The number of hydrogen-bond donors (Lipinski definition) is 0. The van der Waals surface area contributed by atoms with E-state index >= 15 is 0 Å². The third-order valence-electron chi connectivity index (χ3n) is 4.90. The molecule has 0 radical (unpaired) electrons. The maximum absolute atomic E-state index is 13.9. The molecule has 0 bridgehead atoms. The average molecular weight is 465 g/mol. The molecule has 31 heavy (non-hydrogen) atoms. The minimum atomic E-state index is -0.508. The molecule has 8 heteroatoms. The third kappa shape index (κ3) is 5.93. The lowest BCUT2D eigenvalue weighted by Crippen LogP contribution is -2.36. The molecule has 2 aromatic carbocycles. The topological polar surface area (TPSA) is 40.6 Å². The van der Waals surface area contributed by atoms with Gasteiger partial charge < -0.3 is 9.80 Å². The van der Waals surface area contributed by atoms with Crippen molar-refractivity contribution in [3.63, 3.8) is 0 Å². The monoisotopic (exact) mass is 464 g/mol. The van der Waals surface area contributed by atoms with Crippen molar-refractivity contribution in [2.45, 2.75) is 6.42 Å². The highest BCUT2D eigenvalue weighted by Crippen LogP contribution is 2.21. The Kier molecular flexibility index (Phi) is 7.82. The SMILES string of the molecule is O=C(/C=C/c1c(F)cccc1Cl)N1CCCN(C(=O)/C=C/c2c(F)cccc2Cl)CC1. The molecule has 0 unspecified atom stereocenters. The Morgan fingerprint density at radius 3 is 1.55 bits per heavy atom. The number of nitrogens with zero attached hydrogens (tertiary/aromatic N) is 2. The largest absolute Gasteiger partial charge is 0.337 e. The summed E-state index contributed by atoms with van der Waals surface area (Å²) >= 11 is 11.9. The van der Waals surface area contributed by atoms with Crippen LogP contribution in [0.25, 0.3) is 12.2 Å². The van der Waals surface area contributed by atoms with Crippen LogP contribution in [-0.2, 0) is 9.59 Å². The second-order valence-corrected chi connectivity index (χ2v) is 7.76. The van der Waals surface area contributed by atoms with Crippen molar-refractivity contribution in [1.29, 1.82) is 0 Å². The molecule has 4 nitrogen and oxygen atoms in total. The van der Waals surface area contributed by atoms with Crippen LogP contribution in [0.2, 0.25) is 10.0 Å². The summed E-state index contributed by atoms with van der Waals surface area (Å²) in [5, 5.41) is 0.442. The van der Waals surface area contributed by atoms with Crippen LogP contribution in [0.5, 0.6) is 0 Å². The molecule has 1 fully saturated rings. The van der Waals surface area contributed by atoms with Crippen LogP contribution >= 0.6 is 23.2 Å². The average Bonchev–Trinajstić information content (AvgIpc) is 2.99. The lowest BCUT2D eigenvalue weighted by molar-refractivity contribution is -0.128. The fraction of sp³-hybridized carbons (Fsp3) is 0.217. The van der Waals surface area contributed by atoms with Gasteiger partial charge in [-0.15, -0.1) is 0 Å². The van der Waals surface area contributed by atoms with E-state index < -0.39 is 11.6 Å². The highest BCUT2D eigenvalue weighted by Gasteiger charge is 2.20. The molecule has 0 atom stereocenters. The minimum absolute atomic E-state index is 0.154. The zero-order valence-electron chi connectivity index (χ0n) is 16.5. The molecule has 1 aliphatic rings. The summed E-state index contributed by atoms with van der Waals surface area (Å²) in [7, 11) is 0. The van der Waals surface area contributed by atoms with E-state index in [1.807, 2.05) is 0 Å². The Labute approximate surface area is 189 Å². The van der Waals surface area contributed by atoms with Gasteiger partial charge in [-0.05, 0) is 42.8 Å². The van der Waals surface area contributed by atoms with Crippen LogP contribution in [0.4, 0.5) is 8.78 Å². The predicted octanol–water partition coefficient (Wildman–Crippen LogP) is 5.06. The van der Waals surface area contributed by atoms with E-state index in [9.17, 15) is 18.4 Å². The minimum Gasteiger partial charge on any atom is -0.337 e. The lowest BCUT2D eigenvalue weighted by Gasteiger charge is -2.20. The number of benzene rings is 2. The Morgan fingerprint density at radius 1 is 0.742 bits per heavy atom. The molecule has 1 saturated heterocycles. The van der Waals surface area contributed by atoms with E-state index in [2.05, 4.69) is 0 Å². The number of carbonyl (C=O) groups excluding carboxylic acids is 2. The summed E-state index contributed by atoms with van der Waals surface area (Å²) in [4.78, 5) is 28.2. The molecule has 1 aliphatic heterocycles. The Bertz CT molecular complexity index is 918. The first kappa shape index (κ1) is 23.0. The molecule has 162 valence electrons. The van der Waals surface area contributed by atoms with Crippen molar-refractivity contribution < 1.29 is 18.4 Å². The van der Waals surface area contributed by atoms with Crippen molar-refractivity contribution in [2.75, 3.05) is 26.2 Å². The highest BCUT2D eigenvalue weighted by molar-refractivity contribution is 6.32. The summed E-state index contributed by atoms with van der Waals surface area (Å²) in [5.41, 5.74) is 0.308. The molecule has 2 aromatic rings. The standard InChI is InChI=1S/C23H20Cl2F2N2O2/c24-18-4-1-6-20(26)16(18)8-10-22(30)28-12-3-13-29(15-14-28)23(31)11-9-17-19(25)5-2-7-21(17)27/h1-2,4-11H,3,12-15H2/b10-8+,11-9+. The molecule has 1 heterocycles. The molecule has 0 spiro atoms. The van der Waals surface area contributed by atoms with Gasteiger partial charge in [0.15, 0.2) is 0 Å². The fourth-order valence-electron chi connectivity index (χ4n) is 3.22. The van der Waals surface area contributed by atoms with Crippen molar-refractivity contribution in [2.24, 2.45) is 0 Å². The van der Waals surface area contributed by atoms with Gasteiger partial charge in [0, 0.05) is 49.5 Å². The van der Waals surface area contributed by atoms with E-state index in [4.69, 9.17) is 23.2 Å². The second-order valence-electron chi connectivity index (χ2n) is 6.94. The van der Waals surface area contributed by atoms with E-state index in [0.717, 1.165) is 0 Å². The summed E-state index contributed by atoms with van der Waals surface area (Å²) in [5.74, 6) is -1.60. The quantitative estimate of drug-likeness (QED) is 0.593. The van der Waals surface area contributed by atoms with Crippen molar-refractivity contribution in [3.8, 4) is 0 Å². The normalized spacial score (nSPS) is 15.0. The zero-order valence-corrected chi connectivity index (χ0v) is 18.0. The third-order valence-corrected chi connectivity index (χ3v) is 5.56. The van der Waals surface area contributed by atoms with Gasteiger partial charge in [0.25, 0.3) is 0 Å². The maximum Gasteiger partial charge on any atom is 0.246 e. The van der Waals surface area contributed by atoms with Crippen LogP contribution in [0, 0.1) is 11.6 Å². The van der Waals surface area contributed by atoms with Crippen molar-refractivity contribution in [3.05, 3.63) is 81.4 Å². The molecular weight excluding hydrogens is 445 g/mol. The van der Waals surface area contributed by atoms with Crippen LogP contribution in [-0.4, -0.2) is 47.8 Å². The number of carbonyl (C=O) groups is 2. The van der Waals surface area contributed by atoms with Crippen molar-refractivity contribution in [1.82, 2.24) is 9.80 Å². The van der Waals surface area contributed by atoms with Gasteiger partial charge in [-0.3, -0.25) is 9.59 Å². The van der Waals surface area contributed by atoms with E-state index in [0.29, 0.717) is 32.6 Å². The van der Waals surface area contributed by atoms with Crippen LogP contribution in [0.15, 0.2) is 48.6 Å². The molecule has 0 saturated carbocycles. The molecule has 0 N–H and O–H groups in total. The molecule has 0 aliphatic carbocycles. The number of hydrogen-bond acceptors (Lipinski definition) is 2. The Balaban J connectivity index is 1.61. The smallest absolute Gasteiger partial charge is 0.246 e. The van der Waals surface area contributed by atoms with E-state index in [1.54, 1.807) is 21.9 Å². The zero-order chi connectivity index (χ0) is 22.4. The highest BCUT2D eigenvalue weighted by atomic mass is 35.5. The first-order valence-corrected chi connectivity index (χ1v) is 10.4. The van der Waals surface area contributed by atoms with Gasteiger partial charge >= 0.3 is 0 Å². The van der Waals surface area contributed by atoms with Crippen molar-refractivity contribution >= 4 is 47.2 Å². The summed E-state index contributed by atoms with van der Waals surface area (Å²) in [6.07, 6.45) is 5.85. The van der Waals surface area contributed by atoms with Gasteiger partial charge in [-0.1, -0.05) is 35.3 Å². The molecule has 2 amide bonds. The second kappa shape index (κ2) is 10.6. The molecule has 0 aromatic heterocycles. The van der Waals surface area contributed by atoms with Crippen LogP contribution in [0.1, 0.15) is 17.5 Å².